The van der Waals surface area contributed by atoms with Gasteiger partial charge < -0.3 is 5.73 Å². The van der Waals surface area contributed by atoms with Gasteiger partial charge >= 0.3 is 0 Å². The molecular formula is C19H17ClN2O2S. The maximum Gasteiger partial charge on any atom is 0.268 e. The van der Waals surface area contributed by atoms with Crippen LogP contribution in [-0.2, 0) is 16.6 Å². The number of hydrogen-bond donors (Lipinski definition) is 1. The summed E-state index contributed by atoms with van der Waals surface area (Å²) in [6, 6.07) is 23.0. The monoisotopic (exact) mass is 372 g/mol. The molecule has 0 aliphatic heterocycles. The summed E-state index contributed by atoms with van der Waals surface area (Å²) >= 11 is 6.16. The van der Waals surface area contributed by atoms with Crippen molar-refractivity contribution in [2.45, 2.75) is 11.4 Å². The molecule has 0 radical (unpaired) electrons. The Morgan fingerprint density at radius 1 is 0.840 bits per heavy atom. The lowest BCUT2D eigenvalue weighted by Crippen LogP contribution is -2.31. The summed E-state index contributed by atoms with van der Waals surface area (Å²) in [5.74, 6) is 0. The van der Waals surface area contributed by atoms with Gasteiger partial charge in [0.2, 0.25) is 0 Å². The average Bonchev–Trinajstić information content (AvgIpc) is 2.61. The summed E-state index contributed by atoms with van der Waals surface area (Å²) in [4.78, 5) is -0.0727. The van der Waals surface area contributed by atoms with Crippen molar-refractivity contribution >= 4 is 33.0 Å². The summed E-state index contributed by atoms with van der Waals surface area (Å²) < 4.78 is 28.0. The van der Waals surface area contributed by atoms with Crippen molar-refractivity contribution in [3.8, 4) is 0 Å². The molecule has 2 N–H and O–H groups in total. The molecule has 0 atom stereocenters. The van der Waals surface area contributed by atoms with Crippen molar-refractivity contribution in [3.63, 3.8) is 0 Å². The molecule has 0 aliphatic rings. The lowest BCUT2D eigenvalue weighted by atomic mass is 10.2. The van der Waals surface area contributed by atoms with E-state index in [9.17, 15) is 8.42 Å². The molecule has 0 bridgehead atoms. The van der Waals surface area contributed by atoms with Gasteiger partial charge in [-0.2, -0.15) is 0 Å². The zero-order valence-corrected chi connectivity index (χ0v) is 14.9. The van der Waals surface area contributed by atoms with E-state index < -0.39 is 10.0 Å². The molecule has 3 aromatic rings. The molecule has 0 amide bonds. The van der Waals surface area contributed by atoms with E-state index in [-0.39, 0.29) is 22.2 Å². The van der Waals surface area contributed by atoms with Crippen LogP contribution in [0.4, 0.5) is 11.4 Å². The molecule has 6 heteroatoms. The number of nitrogens with two attached hydrogens (primary N) is 1. The van der Waals surface area contributed by atoms with Crippen LogP contribution in [0.2, 0.25) is 5.02 Å². The zero-order chi connectivity index (χ0) is 17.9. The predicted molar refractivity (Wildman–Crippen MR) is 102 cm³/mol. The third-order valence-electron chi connectivity index (χ3n) is 3.76. The first-order valence-corrected chi connectivity index (χ1v) is 9.47. The second-order valence-corrected chi connectivity index (χ2v) is 7.70. The van der Waals surface area contributed by atoms with Crippen molar-refractivity contribution in [2.24, 2.45) is 0 Å². The number of hydrogen-bond acceptors (Lipinski definition) is 3. The Bertz CT molecular complexity index is 941. The number of nitrogen functional groups attached to an aromatic ring is 1. The maximum atomic E-state index is 13.3. The number of rotatable bonds is 5. The molecule has 3 rings (SSSR count). The zero-order valence-electron chi connectivity index (χ0n) is 13.3. The van der Waals surface area contributed by atoms with E-state index >= 15 is 0 Å². The van der Waals surface area contributed by atoms with Crippen molar-refractivity contribution < 1.29 is 8.42 Å². The van der Waals surface area contributed by atoms with E-state index in [0.29, 0.717) is 5.69 Å². The summed E-state index contributed by atoms with van der Waals surface area (Å²) in [6.07, 6.45) is 0. The van der Waals surface area contributed by atoms with Gasteiger partial charge in [-0.05, 0) is 29.8 Å². The molecule has 0 unspecified atom stereocenters. The summed E-state index contributed by atoms with van der Waals surface area (Å²) in [5, 5.41) is 0.106. The van der Waals surface area contributed by atoms with Crippen LogP contribution >= 0.6 is 11.6 Å². The maximum absolute atomic E-state index is 13.3. The van der Waals surface area contributed by atoms with Gasteiger partial charge in [0.15, 0.2) is 0 Å². The van der Waals surface area contributed by atoms with E-state index in [1.54, 1.807) is 30.3 Å². The molecule has 0 aliphatic carbocycles. The van der Waals surface area contributed by atoms with E-state index in [1.165, 1.54) is 16.4 Å². The lowest BCUT2D eigenvalue weighted by molar-refractivity contribution is 0.591. The van der Waals surface area contributed by atoms with Crippen LogP contribution in [-0.4, -0.2) is 8.42 Å². The molecule has 0 fully saturated rings. The fourth-order valence-electron chi connectivity index (χ4n) is 2.57. The molecule has 25 heavy (non-hydrogen) atoms. The molecular weight excluding hydrogens is 356 g/mol. The summed E-state index contributed by atoms with van der Waals surface area (Å²) in [5.41, 5.74) is 7.46. The smallest absolute Gasteiger partial charge is 0.268 e. The third kappa shape index (κ3) is 3.62. The highest BCUT2D eigenvalue weighted by Gasteiger charge is 2.29. The number of sulfonamides is 1. The van der Waals surface area contributed by atoms with Crippen LogP contribution in [0, 0.1) is 0 Å². The minimum atomic E-state index is -3.94. The molecule has 4 nitrogen and oxygen atoms in total. The van der Waals surface area contributed by atoms with Gasteiger partial charge in [0.05, 0.1) is 22.9 Å². The first-order valence-electron chi connectivity index (χ1n) is 7.66. The number of nitrogens with zero attached hydrogens (tertiary/aromatic N) is 1. The Hall–Kier alpha value is -2.50. The lowest BCUT2D eigenvalue weighted by Gasteiger charge is -2.25. The largest absolute Gasteiger partial charge is 0.398 e. The second kappa shape index (κ2) is 7.17. The van der Waals surface area contributed by atoms with Gasteiger partial charge in [0.25, 0.3) is 10.0 Å². The van der Waals surface area contributed by atoms with Gasteiger partial charge in [0.1, 0.15) is 4.90 Å². The van der Waals surface area contributed by atoms with Crippen LogP contribution in [0.1, 0.15) is 5.56 Å². The Morgan fingerprint density at radius 3 is 2.04 bits per heavy atom. The molecule has 3 aromatic carbocycles. The van der Waals surface area contributed by atoms with E-state index in [2.05, 4.69) is 0 Å². The Labute approximate surface area is 152 Å². The highest BCUT2D eigenvalue weighted by atomic mass is 35.5. The summed E-state index contributed by atoms with van der Waals surface area (Å²) in [6.45, 7) is 0.178. The highest BCUT2D eigenvalue weighted by molar-refractivity contribution is 7.93. The third-order valence-corrected chi connectivity index (χ3v) is 6.08. The van der Waals surface area contributed by atoms with Crippen molar-refractivity contribution in [1.82, 2.24) is 0 Å². The van der Waals surface area contributed by atoms with Crippen LogP contribution < -0.4 is 10.0 Å². The first kappa shape index (κ1) is 17.3. The average molecular weight is 373 g/mol. The van der Waals surface area contributed by atoms with Gasteiger partial charge in [-0.3, -0.25) is 4.31 Å². The number of halogens is 1. The minimum Gasteiger partial charge on any atom is -0.398 e. The van der Waals surface area contributed by atoms with Gasteiger partial charge in [-0.15, -0.1) is 0 Å². The van der Waals surface area contributed by atoms with Crippen molar-refractivity contribution in [3.05, 3.63) is 89.4 Å². The van der Waals surface area contributed by atoms with Crippen LogP contribution in [0.25, 0.3) is 0 Å². The van der Waals surface area contributed by atoms with E-state index in [0.717, 1.165) is 5.56 Å². The van der Waals surface area contributed by atoms with Crippen molar-refractivity contribution in [2.75, 3.05) is 10.0 Å². The van der Waals surface area contributed by atoms with E-state index in [1.807, 2.05) is 36.4 Å². The molecule has 0 aromatic heterocycles. The molecule has 0 spiro atoms. The van der Waals surface area contributed by atoms with Crippen molar-refractivity contribution in [1.29, 1.82) is 0 Å². The van der Waals surface area contributed by atoms with E-state index in [4.69, 9.17) is 17.3 Å². The molecule has 128 valence electrons. The van der Waals surface area contributed by atoms with Gasteiger partial charge in [0, 0.05) is 0 Å². The number of para-hydroxylation sites is 1. The molecule has 0 heterocycles. The van der Waals surface area contributed by atoms with Crippen LogP contribution in [0.15, 0.2) is 83.8 Å². The molecule has 0 saturated heterocycles. The minimum absolute atomic E-state index is 0.0727. The summed E-state index contributed by atoms with van der Waals surface area (Å²) in [7, 11) is -3.94. The normalized spacial score (nSPS) is 11.2. The fraction of sp³-hybridized carbons (Fsp3) is 0.0526. The van der Waals surface area contributed by atoms with Gasteiger partial charge in [-0.25, -0.2) is 8.42 Å². The first-order chi connectivity index (χ1) is 12.0. The standard InChI is InChI=1S/C19H17ClN2O2S/c20-17-12-7-13-18(21)19(17)25(23,24)22(16-10-5-2-6-11-16)14-15-8-3-1-4-9-15/h1-13H,14,21H2. The number of benzene rings is 3. The topological polar surface area (TPSA) is 63.4 Å². The second-order valence-electron chi connectivity index (χ2n) is 5.49. The van der Waals surface area contributed by atoms with Gasteiger partial charge in [-0.1, -0.05) is 66.2 Å². The quantitative estimate of drug-likeness (QED) is 0.678. The highest BCUT2D eigenvalue weighted by Crippen LogP contribution is 2.33. The Kier molecular flexibility index (Phi) is 4.97. The predicted octanol–water partition coefficient (Wildman–Crippen LogP) is 4.32. The van der Waals surface area contributed by atoms with Crippen LogP contribution in [0.5, 0.6) is 0 Å². The van der Waals surface area contributed by atoms with Crippen LogP contribution in [0.3, 0.4) is 0 Å². The Morgan fingerprint density at radius 2 is 1.44 bits per heavy atom. The molecule has 0 saturated carbocycles. The SMILES string of the molecule is Nc1cccc(Cl)c1S(=O)(=O)N(Cc1ccccc1)c1ccccc1. The number of anilines is 2. The Balaban J connectivity index is 2.14. The fourth-order valence-corrected chi connectivity index (χ4v) is 4.66.